The molecule has 2 aliphatic rings. The van der Waals surface area contributed by atoms with Gasteiger partial charge in [-0.15, -0.1) is 0 Å². The van der Waals surface area contributed by atoms with Gasteiger partial charge in [-0.3, -0.25) is 4.79 Å². The van der Waals surface area contributed by atoms with E-state index in [1.807, 2.05) is 0 Å². The minimum absolute atomic E-state index is 0.159. The second kappa shape index (κ2) is 3.75. The molecule has 2 rings (SSSR count). The number of hydrogen-bond donors (Lipinski definition) is 0. The van der Waals surface area contributed by atoms with E-state index in [2.05, 4.69) is 26.8 Å². The second-order valence-corrected chi connectivity index (χ2v) is 5.20. The summed E-state index contributed by atoms with van der Waals surface area (Å²) in [5.41, 5.74) is 1.35. The van der Waals surface area contributed by atoms with Gasteiger partial charge >= 0.3 is 0 Å². The SMILES string of the molecule is CO[C@@H]1C(=O)[C@H]2[C@@H]1C(C)=CC[C@@H]2C(C)C. The van der Waals surface area contributed by atoms with E-state index in [0.717, 1.165) is 6.42 Å². The lowest BCUT2D eigenvalue weighted by atomic mass is 9.55. The molecule has 0 heterocycles. The van der Waals surface area contributed by atoms with Gasteiger partial charge in [0.15, 0.2) is 5.78 Å². The van der Waals surface area contributed by atoms with Gasteiger partial charge in [0.2, 0.25) is 0 Å². The molecule has 2 nitrogen and oxygen atoms in total. The van der Waals surface area contributed by atoms with Crippen molar-refractivity contribution in [3.8, 4) is 0 Å². The lowest BCUT2D eigenvalue weighted by molar-refractivity contribution is -0.159. The summed E-state index contributed by atoms with van der Waals surface area (Å²) < 4.78 is 5.28. The Morgan fingerprint density at radius 2 is 2.07 bits per heavy atom. The summed E-state index contributed by atoms with van der Waals surface area (Å²) in [4.78, 5) is 11.9. The maximum Gasteiger partial charge on any atom is 0.166 e. The van der Waals surface area contributed by atoms with E-state index < -0.39 is 0 Å². The van der Waals surface area contributed by atoms with Crippen LogP contribution in [0, 0.1) is 23.7 Å². The predicted octanol–water partition coefficient (Wildman–Crippen LogP) is 2.44. The van der Waals surface area contributed by atoms with Gasteiger partial charge < -0.3 is 4.74 Å². The molecule has 0 aromatic carbocycles. The Morgan fingerprint density at radius 1 is 1.40 bits per heavy atom. The van der Waals surface area contributed by atoms with E-state index in [0.29, 0.717) is 23.5 Å². The van der Waals surface area contributed by atoms with Crippen LogP contribution in [0.1, 0.15) is 27.2 Å². The number of ether oxygens (including phenoxy) is 1. The highest BCUT2D eigenvalue weighted by Crippen LogP contribution is 2.49. The lowest BCUT2D eigenvalue weighted by Crippen LogP contribution is -2.58. The zero-order chi connectivity index (χ0) is 11.2. The van der Waals surface area contributed by atoms with Crippen molar-refractivity contribution in [2.24, 2.45) is 23.7 Å². The summed E-state index contributed by atoms with van der Waals surface area (Å²) >= 11 is 0. The van der Waals surface area contributed by atoms with Gasteiger partial charge in [-0.05, 0) is 25.2 Å². The van der Waals surface area contributed by atoms with Crippen molar-refractivity contribution in [2.75, 3.05) is 7.11 Å². The normalized spacial score (nSPS) is 39.8. The molecule has 0 spiro atoms. The van der Waals surface area contributed by atoms with Crippen molar-refractivity contribution in [1.29, 1.82) is 0 Å². The summed E-state index contributed by atoms with van der Waals surface area (Å²) in [5, 5.41) is 0. The molecule has 4 atom stereocenters. The first-order valence-electron chi connectivity index (χ1n) is 5.81. The highest BCUT2D eigenvalue weighted by atomic mass is 16.5. The van der Waals surface area contributed by atoms with Crippen LogP contribution in [0.2, 0.25) is 0 Å². The Hall–Kier alpha value is -0.630. The van der Waals surface area contributed by atoms with Crippen molar-refractivity contribution < 1.29 is 9.53 Å². The van der Waals surface area contributed by atoms with Crippen LogP contribution in [0.4, 0.5) is 0 Å². The zero-order valence-corrected chi connectivity index (χ0v) is 9.99. The van der Waals surface area contributed by atoms with Crippen LogP contribution in [0.3, 0.4) is 0 Å². The number of methoxy groups -OCH3 is 1. The average molecular weight is 208 g/mol. The van der Waals surface area contributed by atoms with Gasteiger partial charge in [-0.25, -0.2) is 0 Å². The van der Waals surface area contributed by atoms with Crippen molar-refractivity contribution in [2.45, 2.75) is 33.3 Å². The van der Waals surface area contributed by atoms with Crippen molar-refractivity contribution in [3.05, 3.63) is 11.6 Å². The number of Topliss-reactive ketones (excluding diaryl/α,β-unsaturated/α-hetero) is 1. The third-order valence-corrected chi connectivity index (χ3v) is 4.13. The number of carbonyl (C=O) groups is 1. The molecule has 0 aliphatic heterocycles. The average Bonchev–Trinajstić information content (AvgIpc) is 2.19. The summed E-state index contributed by atoms with van der Waals surface area (Å²) in [6, 6.07) is 0. The van der Waals surface area contributed by atoms with Gasteiger partial charge in [0.25, 0.3) is 0 Å². The molecular weight excluding hydrogens is 188 g/mol. The molecule has 0 saturated heterocycles. The van der Waals surface area contributed by atoms with Crippen LogP contribution in [-0.4, -0.2) is 19.0 Å². The molecule has 84 valence electrons. The topological polar surface area (TPSA) is 26.3 Å². The Kier molecular flexibility index (Phi) is 2.72. The number of hydrogen-bond acceptors (Lipinski definition) is 2. The van der Waals surface area contributed by atoms with E-state index in [1.54, 1.807) is 7.11 Å². The van der Waals surface area contributed by atoms with Crippen molar-refractivity contribution >= 4 is 5.78 Å². The fourth-order valence-corrected chi connectivity index (χ4v) is 3.17. The van der Waals surface area contributed by atoms with E-state index in [4.69, 9.17) is 4.74 Å². The fraction of sp³-hybridized carbons (Fsp3) is 0.769. The van der Waals surface area contributed by atoms with Crippen molar-refractivity contribution in [3.63, 3.8) is 0 Å². The van der Waals surface area contributed by atoms with Gasteiger partial charge in [0.05, 0.1) is 0 Å². The number of carbonyl (C=O) groups excluding carboxylic acids is 1. The molecule has 0 aromatic rings. The summed E-state index contributed by atoms with van der Waals surface area (Å²) in [6.45, 7) is 6.56. The predicted molar refractivity (Wildman–Crippen MR) is 59.5 cm³/mol. The molecule has 0 bridgehead atoms. The van der Waals surface area contributed by atoms with E-state index in [-0.39, 0.29) is 12.0 Å². The Labute approximate surface area is 91.7 Å². The standard InChI is InChI=1S/C13H20O2/c1-7(2)9-6-5-8(3)10-11(9)12(14)13(10)15-4/h5,7,9-11,13H,6H2,1-4H3/t9-,10+,11-,13+/m1/s1. The quantitative estimate of drug-likeness (QED) is 0.651. The summed E-state index contributed by atoms with van der Waals surface area (Å²) in [5.74, 6) is 2.04. The minimum Gasteiger partial charge on any atom is -0.373 e. The monoisotopic (exact) mass is 208 g/mol. The highest BCUT2D eigenvalue weighted by Gasteiger charge is 2.55. The van der Waals surface area contributed by atoms with Crippen LogP contribution >= 0.6 is 0 Å². The first-order chi connectivity index (χ1) is 7.07. The summed E-state index contributed by atoms with van der Waals surface area (Å²) in [6.07, 6.45) is 3.20. The van der Waals surface area contributed by atoms with Crippen LogP contribution in [-0.2, 0) is 9.53 Å². The molecule has 1 saturated carbocycles. The van der Waals surface area contributed by atoms with Crippen LogP contribution in [0.5, 0.6) is 0 Å². The molecule has 1 fully saturated rings. The molecular formula is C13H20O2. The molecule has 15 heavy (non-hydrogen) atoms. The molecule has 0 amide bonds. The molecule has 2 heteroatoms. The Bertz CT molecular complexity index is 304. The van der Waals surface area contributed by atoms with E-state index >= 15 is 0 Å². The lowest BCUT2D eigenvalue weighted by Gasteiger charge is -2.50. The molecule has 0 N–H and O–H groups in total. The highest BCUT2D eigenvalue weighted by molar-refractivity contribution is 5.94. The number of rotatable bonds is 2. The largest absolute Gasteiger partial charge is 0.373 e. The number of fused-ring (bicyclic) bond motifs is 1. The first-order valence-corrected chi connectivity index (χ1v) is 5.81. The van der Waals surface area contributed by atoms with Gasteiger partial charge in [0.1, 0.15) is 6.10 Å². The van der Waals surface area contributed by atoms with E-state index in [9.17, 15) is 4.79 Å². The third kappa shape index (κ3) is 1.46. The van der Waals surface area contributed by atoms with Gasteiger partial charge in [0, 0.05) is 18.9 Å². The van der Waals surface area contributed by atoms with Gasteiger partial charge in [-0.2, -0.15) is 0 Å². The smallest absolute Gasteiger partial charge is 0.166 e. The second-order valence-electron chi connectivity index (χ2n) is 5.20. The van der Waals surface area contributed by atoms with Crippen molar-refractivity contribution in [1.82, 2.24) is 0 Å². The minimum atomic E-state index is -0.159. The van der Waals surface area contributed by atoms with Crippen LogP contribution in [0.15, 0.2) is 11.6 Å². The third-order valence-electron chi connectivity index (χ3n) is 4.13. The Balaban J connectivity index is 2.24. The van der Waals surface area contributed by atoms with E-state index in [1.165, 1.54) is 5.57 Å². The molecule has 0 aromatic heterocycles. The molecule has 2 aliphatic carbocycles. The van der Waals surface area contributed by atoms with Crippen LogP contribution < -0.4 is 0 Å². The number of allylic oxidation sites excluding steroid dienone is 1. The maximum atomic E-state index is 11.9. The Morgan fingerprint density at radius 3 is 2.60 bits per heavy atom. The summed E-state index contributed by atoms with van der Waals surface area (Å²) in [7, 11) is 1.64. The maximum absolute atomic E-state index is 11.9. The zero-order valence-electron chi connectivity index (χ0n) is 9.99. The fourth-order valence-electron chi connectivity index (χ4n) is 3.17. The van der Waals surface area contributed by atoms with Crippen LogP contribution in [0.25, 0.3) is 0 Å². The first kappa shape index (κ1) is 10.9. The molecule has 0 unspecified atom stereocenters. The number of ketones is 1. The molecule has 0 radical (unpaired) electrons. The van der Waals surface area contributed by atoms with Gasteiger partial charge in [-0.1, -0.05) is 25.5 Å².